The van der Waals surface area contributed by atoms with Gasteiger partial charge in [0, 0.05) is 6.04 Å². The zero-order valence-electron chi connectivity index (χ0n) is 11.2. The summed E-state index contributed by atoms with van der Waals surface area (Å²) in [5.41, 5.74) is -0.174. The topological polar surface area (TPSA) is 80.1 Å². The van der Waals surface area contributed by atoms with E-state index in [1.807, 2.05) is 0 Å². The van der Waals surface area contributed by atoms with Gasteiger partial charge < -0.3 is 4.74 Å². The Morgan fingerprint density at radius 1 is 1.25 bits per heavy atom. The van der Waals surface area contributed by atoms with E-state index in [0.29, 0.717) is 5.75 Å². The third-order valence-corrected chi connectivity index (χ3v) is 5.41. The zero-order chi connectivity index (χ0) is 14.2. The highest BCUT2D eigenvalue weighted by Gasteiger charge is 2.44. The van der Waals surface area contributed by atoms with Crippen molar-refractivity contribution in [1.82, 2.24) is 4.72 Å². The van der Waals surface area contributed by atoms with Crippen molar-refractivity contribution < 1.29 is 13.2 Å². The normalized spacial score (nSPS) is 21.1. The van der Waals surface area contributed by atoms with E-state index in [1.54, 1.807) is 24.3 Å². The summed E-state index contributed by atoms with van der Waals surface area (Å²) in [7, 11) is -2.09. The molecule has 0 aromatic heterocycles. The van der Waals surface area contributed by atoms with E-state index in [9.17, 15) is 8.42 Å². The van der Waals surface area contributed by atoms with Crippen LogP contribution in [0.4, 0.5) is 0 Å². The molecule has 2 aliphatic rings. The van der Waals surface area contributed by atoms with Gasteiger partial charge >= 0.3 is 0 Å². The molecular formula is C13H17N3O3S. The lowest BCUT2D eigenvalue weighted by molar-refractivity contribution is 0.340. The van der Waals surface area contributed by atoms with Gasteiger partial charge in [-0.2, -0.15) is 10.2 Å². The highest BCUT2D eigenvalue weighted by Crippen LogP contribution is 2.42. The predicted octanol–water partition coefficient (Wildman–Crippen LogP) is 2.08. The molecule has 1 aliphatic heterocycles. The maximum Gasteiger partial charge on any atom is 0.244 e. The molecule has 1 fully saturated rings. The van der Waals surface area contributed by atoms with Crippen LogP contribution in [0.3, 0.4) is 0 Å². The van der Waals surface area contributed by atoms with Crippen LogP contribution in [-0.2, 0) is 10.0 Å². The fourth-order valence-corrected chi connectivity index (χ4v) is 4.07. The average Bonchev–Trinajstić information content (AvgIpc) is 3.21. The molecule has 1 saturated carbocycles. The molecule has 108 valence electrons. The van der Waals surface area contributed by atoms with Crippen LogP contribution in [0, 0.1) is 0 Å². The molecule has 0 atom stereocenters. The number of ether oxygens (including phenoxy) is 1. The van der Waals surface area contributed by atoms with Gasteiger partial charge in [0.1, 0.15) is 10.6 Å². The number of sulfonamides is 1. The number of hydrogen-bond acceptors (Lipinski definition) is 5. The summed E-state index contributed by atoms with van der Waals surface area (Å²) in [4.78, 5) is 0.184. The first kappa shape index (κ1) is 13.5. The fraction of sp³-hybridized carbons (Fsp3) is 0.538. The van der Waals surface area contributed by atoms with Crippen LogP contribution in [0.1, 0.15) is 25.7 Å². The molecule has 0 saturated heterocycles. The second-order valence-electron chi connectivity index (χ2n) is 5.23. The molecule has 1 N–H and O–H groups in total. The summed E-state index contributed by atoms with van der Waals surface area (Å²) in [5, 5.41) is 8.08. The minimum Gasteiger partial charge on any atom is -0.495 e. The van der Waals surface area contributed by atoms with Crippen LogP contribution in [0.25, 0.3) is 0 Å². The molecular weight excluding hydrogens is 278 g/mol. The van der Waals surface area contributed by atoms with E-state index in [1.165, 1.54) is 7.11 Å². The summed E-state index contributed by atoms with van der Waals surface area (Å²) in [6.45, 7) is 0. The van der Waals surface area contributed by atoms with Gasteiger partial charge in [0.15, 0.2) is 5.66 Å². The lowest BCUT2D eigenvalue weighted by atomic mass is 9.89. The molecule has 0 amide bonds. The van der Waals surface area contributed by atoms with Crippen molar-refractivity contribution in [2.45, 2.75) is 42.3 Å². The maximum atomic E-state index is 12.4. The molecule has 1 aromatic rings. The quantitative estimate of drug-likeness (QED) is 0.923. The van der Waals surface area contributed by atoms with E-state index in [2.05, 4.69) is 15.0 Å². The van der Waals surface area contributed by atoms with Gasteiger partial charge in [-0.3, -0.25) is 0 Å². The average molecular weight is 295 g/mol. The molecule has 0 radical (unpaired) electrons. The van der Waals surface area contributed by atoms with Gasteiger partial charge in [-0.1, -0.05) is 12.1 Å². The molecule has 1 spiro atoms. The minimum absolute atomic E-state index is 0.0541. The second-order valence-corrected chi connectivity index (χ2v) is 6.91. The summed E-state index contributed by atoms with van der Waals surface area (Å²) in [6.07, 6.45) is 3.18. The zero-order valence-corrected chi connectivity index (χ0v) is 12.1. The van der Waals surface area contributed by atoms with Gasteiger partial charge in [0.2, 0.25) is 10.0 Å². The van der Waals surface area contributed by atoms with Gasteiger partial charge in [0.25, 0.3) is 0 Å². The lowest BCUT2D eigenvalue weighted by Gasteiger charge is -2.26. The number of benzene rings is 1. The van der Waals surface area contributed by atoms with Crippen molar-refractivity contribution in [2.75, 3.05) is 7.11 Å². The molecule has 7 heteroatoms. The monoisotopic (exact) mass is 295 g/mol. The van der Waals surface area contributed by atoms with Crippen LogP contribution in [0.2, 0.25) is 0 Å². The Bertz CT molecular complexity index is 626. The van der Waals surface area contributed by atoms with Gasteiger partial charge in [-0.25, -0.2) is 13.1 Å². The van der Waals surface area contributed by atoms with E-state index < -0.39 is 10.0 Å². The Morgan fingerprint density at radius 3 is 2.50 bits per heavy atom. The number of rotatable bonds is 4. The van der Waals surface area contributed by atoms with Gasteiger partial charge in [-0.05, 0) is 37.8 Å². The van der Waals surface area contributed by atoms with E-state index in [-0.39, 0.29) is 16.6 Å². The first-order valence-corrected chi connectivity index (χ1v) is 8.12. The van der Waals surface area contributed by atoms with Crippen molar-refractivity contribution in [3.05, 3.63) is 24.3 Å². The second kappa shape index (κ2) is 4.82. The first-order chi connectivity index (χ1) is 9.55. The molecule has 0 bridgehead atoms. The Labute approximate surface area is 118 Å². The highest BCUT2D eigenvalue weighted by molar-refractivity contribution is 7.89. The van der Waals surface area contributed by atoms with Crippen molar-refractivity contribution in [1.29, 1.82) is 0 Å². The lowest BCUT2D eigenvalue weighted by Crippen LogP contribution is -2.39. The van der Waals surface area contributed by atoms with E-state index in [0.717, 1.165) is 25.7 Å². The van der Waals surface area contributed by atoms with Gasteiger partial charge in [-0.15, -0.1) is 0 Å². The summed E-state index contributed by atoms with van der Waals surface area (Å²) >= 11 is 0. The third kappa shape index (κ3) is 2.55. The smallest absolute Gasteiger partial charge is 0.244 e. The number of nitrogens with one attached hydrogen (secondary N) is 1. The molecule has 1 heterocycles. The van der Waals surface area contributed by atoms with Crippen molar-refractivity contribution in [2.24, 2.45) is 10.2 Å². The van der Waals surface area contributed by atoms with Gasteiger partial charge in [0.05, 0.1) is 7.11 Å². The van der Waals surface area contributed by atoms with Crippen molar-refractivity contribution in [3.8, 4) is 5.75 Å². The van der Waals surface area contributed by atoms with E-state index in [4.69, 9.17) is 4.74 Å². The molecule has 1 aromatic carbocycles. The number of methoxy groups -OCH3 is 1. The molecule has 20 heavy (non-hydrogen) atoms. The minimum atomic E-state index is -3.56. The number of hydrogen-bond donors (Lipinski definition) is 1. The van der Waals surface area contributed by atoms with Crippen LogP contribution in [0.15, 0.2) is 39.4 Å². The Balaban J connectivity index is 1.72. The summed E-state index contributed by atoms with van der Waals surface area (Å²) in [5.74, 6) is 0.361. The van der Waals surface area contributed by atoms with Crippen molar-refractivity contribution in [3.63, 3.8) is 0 Å². The van der Waals surface area contributed by atoms with Crippen LogP contribution >= 0.6 is 0 Å². The molecule has 1 aliphatic carbocycles. The van der Waals surface area contributed by atoms with Crippen LogP contribution < -0.4 is 9.46 Å². The summed E-state index contributed by atoms with van der Waals surface area (Å²) < 4.78 is 32.7. The summed E-state index contributed by atoms with van der Waals surface area (Å²) in [6, 6.07) is 6.58. The largest absolute Gasteiger partial charge is 0.495 e. The Hall–Kier alpha value is -1.47. The first-order valence-electron chi connectivity index (χ1n) is 6.64. The molecule has 6 nitrogen and oxygen atoms in total. The maximum absolute atomic E-state index is 12.4. The third-order valence-electron chi connectivity index (χ3n) is 3.85. The molecule has 0 unspecified atom stereocenters. The highest BCUT2D eigenvalue weighted by atomic mass is 32.2. The van der Waals surface area contributed by atoms with Crippen LogP contribution in [0.5, 0.6) is 5.75 Å². The predicted molar refractivity (Wildman–Crippen MR) is 73.2 cm³/mol. The Kier molecular flexibility index (Phi) is 3.25. The molecule has 3 rings (SSSR count). The fourth-order valence-electron chi connectivity index (χ4n) is 2.59. The number of para-hydroxylation sites is 1. The SMILES string of the molecule is COc1ccccc1S(=O)(=O)NC1CCC2(CC1)N=N2. The van der Waals surface area contributed by atoms with Crippen molar-refractivity contribution >= 4 is 10.0 Å². The number of nitrogens with zero attached hydrogens (tertiary/aromatic N) is 2. The standard InChI is InChI=1S/C13H17N3O3S/c1-19-11-4-2-3-5-12(11)20(17,18)14-10-6-8-13(9-7-10)15-16-13/h2-5,10,14H,6-9H2,1H3. The Morgan fingerprint density at radius 2 is 1.90 bits per heavy atom. The van der Waals surface area contributed by atoms with Crippen LogP contribution in [-0.4, -0.2) is 27.2 Å². The van der Waals surface area contributed by atoms with E-state index >= 15 is 0 Å².